The van der Waals surface area contributed by atoms with E-state index in [0.29, 0.717) is 12.1 Å². The van der Waals surface area contributed by atoms with E-state index in [1.54, 1.807) is 0 Å². The first-order valence-electron chi connectivity index (χ1n) is 9.23. The predicted octanol–water partition coefficient (Wildman–Crippen LogP) is 3.83. The van der Waals surface area contributed by atoms with Crippen LogP contribution in [-0.2, 0) is 4.74 Å². The smallest absolute Gasteiger partial charge is 0.0589 e. The summed E-state index contributed by atoms with van der Waals surface area (Å²) in [6.07, 6.45) is 14.0. The molecular weight excluding hydrogens is 260 g/mol. The van der Waals surface area contributed by atoms with Gasteiger partial charge < -0.3 is 10.1 Å². The highest BCUT2D eigenvalue weighted by molar-refractivity contribution is 4.84. The summed E-state index contributed by atoms with van der Waals surface area (Å²) in [6.45, 7) is 5.33. The molecule has 0 spiro atoms. The van der Waals surface area contributed by atoms with E-state index in [2.05, 4.69) is 24.2 Å². The topological polar surface area (TPSA) is 24.5 Å². The third-order valence-electron chi connectivity index (χ3n) is 5.06. The highest BCUT2D eigenvalue weighted by atomic mass is 16.5. The molecule has 3 heteroatoms. The molecule has 0 aromatic heterocycles. The lowest BCUT2D eigenvalue weighted by Crippen LogP contribution is -2.50. The van der Waals surface area contributed by atoms with Crippen LogP contribution in [0, 0.1) is 0 Å². The Bertz CT molecular complexity index is 235. The first-order chi connectivity index (χ1) is 10.3. The molecule has 0 bridgehead atoms. The number of likely N-dealkylation sites (N-methyl/N-ethyl adjacent to an activating group) is 2. The van der Waals surface area contributed by atoms with Crippen LogP contribution in [0.1, 0.15) is 71.1 Å². The van der Waals surface area contributed by atoms with Gasteiger partial charge in [-0.2, -0.15) is 0 Å². The minimum atomic E-state index is 0.640. The number of hydrogen-bond donors (Lipinski definition) is 1. The van der Waals surface area contributed by atoms with Gasteiger partial charge in [0.05, 0.1) is 6.61 Å². The van der Waals surface area contributed by atoms with Crippen molar-refractivity contribution in [3.8, 4) is 0 Å². The summed E-state index contributed by atoms with van der Waals surface area (Å²) in [4.78, 5) is 2.64. The van der Waals surface area contributed by atoms with Crippen LogP contribution in [0.15, 0.2) is 0 Å². The summed E-state index contributed by atoms with van der Waals surface area (Å²) in [5, 5.41) is 3.61. The summed E-state index contributed by atoms with van der Waals surface area (Å²) in [6, 6.07) is 1.32. The maximum Gasteiger partial charge on any atom is 0.0589 e. The van der Waals surface area contributed by atoms with Gasteiger partial charge in [-0.1, -0.05) is 58.3 Å². The predicted molar refractivity (Wildman–Crippen MR) is 91.9 cm³/mol. The Balaban J connectivity index is 2.63. The van der Waals surface area contributed by atoms with Gasteiger partial charge in [-0.05, 0) is 26.4 Å². The van der Waals surface area contributed by atoms with Crippen LogP contribution in [0.2, 0.25) is 0 Å². The number of methoxy groups -OCH3 is 1. The van der Waals surface area contributed by atoms with E-state index in [4.69, 9.17) is 4.74 Å². The second-order valence-electron chi connectivity index (χ2n) is 6.49. The van der Waals surface area contributed by atoms with Crippen molar-refractivity contribution in [2.24, 2.45) is 0 Å². The molecule has 0 saturated heterocycles. The molecule has 1 rings (SSSR count). The Morgan fingerprint density at radius 1 is 0.952 bits per heavy atom. The number of hydrogen-bond acceptors (Lipinski definition) is 3. The molecule has 3 nitrogen and oxygen atoms in total. The second kappa shape index (κ2) is 12.4. The van der Waals surface area contributed by atoms with Crippen molar-refractivity contribution >= 4 is 0 Å². The minimum Gasteiger partial charge on any atom is -0.383 e. The van der Waals surface area contributed by atoms with Crippen molar-refractivity contribution < 1.29 is 4.74 Å². The second-order valence-corrected chi connectivity index (χ2v) is 6.49. The number of nitrogens with zero attached hydrogens (tertiary/aromatic N) is 1. The summed E-state index contributed by atoms with van der Waals surface area (Å²) in [5.74, 6) is 0. The normalized spacial score (nSPS) is 26.3. The zero-order chi connectivity index (χ0) is 15.3. The van der Waals surface area contributed by atoms with E-state index >= 15 is 0 Å². The van der Waals surface area contributed by atoms with Crippen molar-refractivity contribution in [3.05, 3.63) is 0 Å². The Kier molecular flexibility index (Phi) is 11.2. The van der Waals surface area contributed by atoms with Gasteiger partial charge in [-0.25, -0.2) is 0 Å². The molecule has 1 saturated carbocycles. The van der Waals surface area contributed by atoms with Crippen LogP contribution in [0.4, 0.5) is 0 Å². The largest absolute Gasteiger partial charge is 0.383 e. The molecule has 0 amide bonds. The molecule has 1 aliphatic carbocycles. The molecule has 1 N–H and O–H groups in total. The lowest BCUT2D eigenvalue weighted by atomic mass is 9.93. The molecule has 0 aromatic rings. The highest BCUT2D eigenvalue weighted by Gasteiger charge is 2.24. The van der Waals surface area contributed by atoms with Gasteiger partial charge in [0.1, 0.15) is 0 Å². The molecule has 0 radical (unpaired) electrons. The van der Waals surface area contributed by atoms with Crippen molar-refractivity contribution in [1.29, 1.82) is 0 Å². The van der Waals surface area contributed by atoms with Crippen molar-refractivity contribution in [2.75, 3.05) is 33.9 Å². The summed E-state index contributed by atoms with van der Waals surface area (Å²) < 4.78 is 5.31. The Morgan fingerprint density at radius 2 is 1.52 bits per heavy atom. The van der Waals surface area contributed by atoms with E-state index in [0.717, 1.165) is 19.7 Å². The average molecular weight is 299 g/mol. The zero-order valence-electron chi connectivity index (χ0n) is 14.7. The van der Waals surface area contributed by atoms with Gasteiger partial charge in [-0.15, -0.1) is 0 Å². The van der Waals surface area contributed by atoms with Gasteiger partial charge in [0, 0.05) is 25.7 Å². The molecule has 126 valence electrons. The van der Waals surface area contributed by atoms with Gasteiger partial charge >= 0.3 is 0 Å². The molecule has 0 aromatic carbocycles. The molecule has 2 atom stereocenters. The third kappa shape index (κ3) is 7.62. The summed E-state index contributed by atoms with van der Waals surface area (Å²) in [7, 11) is 3.96. The van der Waals surface area contributed by atoms with Crippen LogP contribution in [0.3, 0.4) is 0 Å². The SMILES string of the molecule is CCN(CCOC)C1CCCCCCCCCCC1NC. The molecule has 0 heterocycles. The maximum atomic E-state index is 5.31. The highest BCUT2D eigenvalue weighted by Crippen LogP contribution is 2.21. The van der Waals surface area contributed by atoms with Crippen molar-refractivity contribution in [1.82, 2.24) is 10.2 Å². The Labute approximate surface area is 132 Å². The van der Waals surface area contributed by atoms with E-state index in [1.807, 2.05) is 7.11 Å². The van der Waals surface area contributed by atoms with Crippen molar-refractivity contribution in [2.45, 2.75) is 83.2 Å². The molecule has 2 unspecified atom stereocenters. The Hall–Kier alpha value is -0.120. The van der Waals surface area contributed by atoms with E-state index < -0.39 is 0 Å². The standard InChI is InChI=1S/C18H38N2O/c1-4-20(15-16-21-3)18-14-12-10-8-6-5-7-9-11-13-17(18)19-2/h17-19H,4-16H2,1-3H3. The minimum absolute atomic E-state index is 0.640. The van der Waals surface area contributed by atoms with Gasteiger partial charge in [0.2, 0.25) is 0 Å². The van der Waals surface area contributed by atoms with Gasteiger partial charge in [-0.3, -0.25) is 4.90 Å². The maximum absolute atomic E-state index is 5.31. The van der Waals surface area contributed by atoms with Crippen LogP contribution in [0.25, 0.3) is 0 Å². The zero-order valence-corrected chi connectivity index (χ0v) is 14.7. The molecule has 1 fully saturated rings. The van der Waals surface area contributed by atoms with Crippen LogP contribution in [0.5, 0.6) is 0 Å². The molecule has 1 aliphatic rings. The fraction of sp³-hybridized carbons (Fsp3) is 1.00. The van der Waals surface area contributed by atoms with Crippen LogP contribution in [-0.4, -0.2) is 50.8 Å². The fourth-order valence-corrected chi connectivity index (χ4v) is 3.71. The van der Waals surface area contributed by atoms with Crippen LogP contribution < -0.4 is 5.32 Å². The molecular formula is C18H38N2O. The van der Waals surface area contributed by atoms with Gasteiger partial charge in [0.25, 0.3) is 0 Å². The Morgan fingerprint density at radius 3 is 2.05 bits per heavy atom. The lowest BCUT2D eigenvalue weighted by molar-refractivity contribution is 0.0987. The van der Waals surface area contributed by atoms with E-state index in [9.17, 15) is 0 Å². The third-order valence-corrected chi connectivity index (χ3v) is 5.06. The first-order valence-corrected chi connectivity index (χ1v) is 9.23. The van der Waals surface area contributed by atoms with Crippen molar-refractivity contribution in [3.63, 3.8) is 0 Å². The number of rotatable bonds is 6. The number of nitrogens with one attached hydrogen (secondary N) is 1. The average Bonchev–Trinajstić information content (AvgIpc) is 2.50. The lowest BCUT2D eigenvalue weighted by Gasteiger charge is -2.37. The summed E-state index contributed by atoms with van der Waals surface area (Å²) >= 11 is 0. The molecule has 0 aliphatic heterocycles. The fourth-order valence-electron chi connectivity index (χ4n) is 3.71. The summed E-state index contributed by atoms with van der Waals surface area (Å²) in [5.41, 5.74) is 0. The number of ether oxygens (including phenoxy) is 1. The van der Waals surface area contributed by atoms with E-state index in [1.165, 1.54) is 64.2 Å². The first kappa shape index (κ1) is 18.9. The molecule has 21 heavy (non-hydrogen) atoms. The van der Waals surface area contributed by atoms with E-state index in [-0.39, 0.29) is 0 Å². The quantitative estimate of drug-likeness (QED) is 0.806. The van der Waals surface area contributed by atoms with Gasteiger partial charge in [0.15, 0.2) is 0 Å². The monoisotopic (exact) mass is 298 g/mol. The van der Waals surface area contributed by atoms with Crippen LogP contribution >= 0.6 is 0 Å².